The van der Waals surface area contributed by atoms with Crippen LogP contribution in [0.4, 0.5) is 0 Å². The summed E-state index contributed by atoms with van der Waals surface area (Å²) in [5, 5.41) is 4.36. The Morgan fingerprint density at radius 1 is 1.25 bits per heavy atom. The smallest absolute Gasteiger partial charge is 0.228 e. The van der Waals surface area contributed by atoms with Crippen molar-refractivity contribution in [1.82, 2.24) is 19.6 Å². The normalized spacial score (nSPS) is 27.8. The fourth-order valence-corrected chi connectivity index (χ4v) is 5.28. The Hall–Kier alpha value is -1.89. The van der Waals surface area contributed by atoms with Gasteiger partial charge < -0.3 is 14.5 Å². The number of aromatic nitrogens is 2. The van der Waals surface area contributed by atoms with Crippen molar-refractivity contribution in [3.05, 3.63) is 18.0 Å². The first kappa shape index (κ1) is 19.4. The molecule has 2 unspecified atom stereocenters. The van der Waals surface area contributed by atoms with Gasteiger partial charge in [-0.25, -0.2) is 0 Å². The Bertz CT molecular complexity index is 760. The number of amides is 2. The van der Waals surface area contributed by atoms with E-state index in [4.69, 9.17) is 4.74 Å². The molecule has 0 radical (unpaired) electrons. The van der Waals surface area contributed by atoms with Gasteiger partial charge in [0.15, 0.2) is 0 Å². The molecular weight excluding hydrogens is 356 g/mol. The number of likely N-dealkylation sites (tertiary alicyclic amines) is 2. The zero-order valence-electron chi connectivity index (χ0n) is 17.5. The molecule has 7 heteroatoms. The van der Waals surface area contributed by atoms with Crippen LogP contribution in [0.1, 0.15) is 51.5 Å². The Labute approximate surface area is 167 Å². The summed E-state index contributed by atoms with van der Waals surface area (Å²) in [7, 11) is 1.93. The van der Waals surface area contributed by atoms with Crippen LogP contribution in [0.15, 0.2) is 12.4 Å². The minimum absolute atomic E-state index is 0.0588. The number of aryl methyl sites for hydroxylation is 1. The van der Waals surface area contributed by atoms with E-state index >= 15 is 0 Å². The van der Waals surface area contributed by atoms with Crippen molar-refractivity contribution in [2.24, 2.45) is 18.4 Å². The molecule has 154 valence electrons. The Morgan fingerprint density at radius 3 is 2.54 bits per heavy atom. The molecule has 3 fully saturated rings. The van der Waals surface area contributed by atoms with E-state index in [2.05, 4.69) is 11.3 Å². The van der Waals surface area contributed by atoms with E-state index in [-0.39, 0.29) is 34.6 Å². The van der Waals surface area contributed by atoms with Crippen molar-refractivity contribution in [3.8, 4) is 0 Å². The van der Waals surface area contributed by atoms with Crippen LogP contribution in [0.3, 0.4) is 0 Å². The van der Waals surface area contributed by atoms with Crippen LogP contribution >= 0.6 is 0 Å². The maximum absolute atomic E-state index is 13.4. The minimum Gasteiger partial charge on any atom is -0.381 e. The molecule has 4 heterocycles. The molecule has 2 atom stereocenters. The molecule has 28 heavy (non-hydrogen) atoms. The van der Waals surface area contributed by atoms with E-state index in [1.165, 1.54) is 5.56 Å². The summed E-state index contributed by atoms with van der Waals surface area (Å²) in [5.74, 6) is 0.285. The van der Waals surface area contributed by atoms with E-state index in [1.54, 1.807) is 0 Å². The van der Waals surface area contributed by atoms with E-state index in [9.17, 15) is 9.59 Å². The van der Waals surface area contributed by atoms with Crippen molar-refractivity contribution in [1.29, 1.82) is 0 Å². The highest BCUT2D eigenvalue weighted by atomic mass is 16.5. The van der Waals surface area contributed by atoms with Crippen LogP contribution < -0.4 is 0 Å². The van der Waals surface area contributed by atoms with Gasteiger partial charge in [0.1, 0.15) is 0 Å². The third kappa shape index (κ3) is 3.34. The minimum atomic E-state index is -0.239. The maximum Gasteiger partial charge on any atom is 0.228 e. The van der Waals surface area contributed by atoms with E-state index in [1.807, 2.05) is 48.5 Å². The molecular formula is C21H32N4O3. The molecule has 3 aliphatic rings. The summed E-state index contributed by atoms with van der Waals surface area (Å²) in [5.41, 5.74) is 1.03. The molecule has 3 aliphatic heterocycles. The van der Waals surface area contributed by atoms with Gasteiger partial charge in [0, 0.05) is 69.4 Å². The Morgan fingerprint density at radius 2 is 1.96 bits per heavy atom. The second kappa shape index (κ2) is 6.87. The first-order chi connectivity index (χ1) is 13.2. The lowest BCUT2D eigenvalue weighted by molar-refractivity contribution is -0.135. The standard InChI is InChI=1S/C21H32N4O3/c1-20(2,3)25-12-15(9-18(25)26)19(27)24-13-17(16-10-22-23(4)11-16)21(14-24)5-7-28-8-6-21/h10-11,15,17H,5-9,12-14H2,1-4H3. The number of hydrogen-bond acceptors (Lipinski definition) is 4. The third-order valence-corrected chi connectivity index (χ3v) is 6.86. The first-order valence-electron chi connectivity index (χ1n) is 10.4. The number of ether oxygens (including phenoxy) is 1. The van der Waals surface area contributed by atoms with Crippen molar-refractivity contribution < 1.29 is 14.3 Å². The van der Waals surface area contributed by atoms with Crippen LogP contribution in [-0.4, -0.2) is 69.8 Å². The van der Waals surface area contributed by atoms with E-state index < -0.39 is 0 Å². The molecule has 0 aliphatic carbocycles. The van der Waals surface area contributed by atoms with Crippen molar-refractivity contribution in [2.75, 3.05) is 32.8 Å². The van der Waals surface area contributed by atoms with E-state index in [0.717, 1.165) is 32.6 Å². The van der Waals surface area contributed by atoms with Gasteiger partial charge in [-0.3, -0.25) is 14.3 Å². The zero-order chi connectivity index (χ0) is 20.1. The van der Waals surface area contributed by atoms with Crippen molar-refractivity contribution in [2.45, 2.75) is 51.5 Å². The van der Waals surface area contributed by atoms with Gasteiger partial charge in [0.2, 0.25) is 11.8 Å². The summed E-state index contributed by atoms with van der Waals surface area (Å²) in [4.78, 5) is 29.7. The monoisotopic (exact) mass is 388 g/mol. The van der Waals surface area contributed by atoms with Crippen LogP contribution in [-0.2, 0) is 21.4 Å². The first-order valence-corrected chi connectivity index (χ1v) is 10.4. The van der Waals surface area contributed by atoms with Gasteiger partial charge in [0.25, 0.3) is 0 Å². The predicted molar refractivity (Wildman–Crippen MR) is 105 cm³/mol. The quantitative estimate of drug-likeness (QED) is 0.775. The number of nitrogens with zero attached hydrogens (tertiary/aromatic N) is 4. The molecule has 1 aromatic rings. The highest BCUT2D eigenvalue weighted by Gasteiger charge is 2.51. The summed E-state index contributed by atoms with van der Waals surface area (Å²) < 4.78 is 7.47. The van der Waals surface area contributed by atoms with Crippen LogP contribution in [0.2, 0.25) is 0 Å². The lowest BCUT2D eigenvalue weighted by atomic mass is 9.70. The predicted octanol–water partition coefficient (Wildman–Crippen LogP) is 1.79. The van der Waals surface area contributed by atoms with Gasteiger partial charge in [-0.05, 0) is 39.2 Å². The molecule has 1 spiro atoms. The molecule has 0 bridgehead atoms. The molecule has 0 saturated carbocycles. The number of carbonyl (C=O) groups is 2. The van der Waals surface area contributed by atoms with Gasteiger partial charge in [-0.1, -0.05) is 0 Å². The second-order valence-electron chi connectivity index (χ2n) is 9.77. The highest BCUT2D eigenvalue weighted by Crippen LogP contribution is 2.50. The zero-order valence-corrected chi connectivity index (χ0v) is 17.5. The lowest BCUT2D eigenvalue weighted by Gasteiger charge is -2.37. The van der Waals surface area contributed by atoms with Crippen molar-refractivity contribution in [3.63, 3.8) is 0 Å². The second-order valence-corrected chi connectivity index (χ2v) is 9.77. The number of rotatable bonds is 2. The fourth-order valence-electron chi connectivity index (χ4n) is 5.28. The molecule has 2 amide bonds. The topological polar surface area (TPSA) is 67.7 Å². The molecule has 3 saturated heterocycles. The SMILES string of the molecule is Cn1cc(C2CN(C(=O)C3CC(=O)N(C(C)(C)C)C3)CC23CCOCC3)cn1. The average Bonchev–Trinajstić information content (AvgIpc) is 3.32. The maximum atomic E-state index is 13.4. The molecule has 0 aromatic carbocycles. The molecule has 7 nitrogen and oxygen atoms in total. The Balaban J connectivity index is 1.54. The summed E-state index contributed by atoms with van der Waals surface area (Å²) in [6.45, 7) is 9.59. The highest BCUT2D eigenvalue weighted by molar-refractivity contribution is 5.90. The van der Waals surface area contributed by atoms with Crippen LogP contribution in [0, 0.1) is 11.3 Å². The van der Waals surface area contributed by atoms with Gasteiger partial charge in [-0.2, -0.15) is 5.10 Å². The summed E-state index contributed by atoms with van der Waals surface area (Å²) >= 11 is 0. The number of carbonyl (C=O) groups excluding carboxylic acids is 2. The lowest BCUT2D eigenvalue weighted by Crippen LogP contribution is -2.44. The summed E-state index contributed by atoms with van der Waals surface area (Å²) in [6.07, 6.45) is 6.29. The van der Waals surface area contributed by atoms with Crippen LogP contribution in [0.25, 0.3) is 0 Å². The largest absolute Gasteiger partial charge is 0.381 e. The van der Waals surface area contributed by atoms with Crippen LogP contribution in [0.5, 0.6) is 0 Å². The molecule has 4 rings (SSSR count). The van der Waals surface area contributed by atoms with Gasteiger partial charge in [-0.15, -0.1) is 0 Å². The molecule has 0 N–H and O–H groups in total. The third-order valence-electron chi connectivity index (χ3n) is 6.86. The van der Waals surface area contributed by atoms with Gasteiger partial charge >= 0.3 is 0 Å². The Kier molecular flexibility index (Phi) is 4.76. The average molecular weight is 389 g/mol. The fraction of sp³-hybridized carbons (Fsp3) is 0.762. The molecule has 1 aromatic heterocycles. The van der Waals surface area contributed by atoms with Gasteiger partial charge in [0.05, 0.1) is 12.1 Å². The van der Waals surface area contributed by atoms with Crippen molar-refractivity contribution >= 4 is 11.8 Å². The number of hydrogen-bond donors (Lipinski definition) is 0. The summed E-state index contributed by atoms with van der Waals surface area (Å²) in [6, 6.07) is 0. The van der Waals surface area contributed by atoms with E-state index in [0.29, 0.717) is 19.5 Å².